The van der Waals surface area contributed by atoms with Crippen LogP contribution in [-0.4, -0.2) is 18.7 Å². The highest BCUT2D eigenvalue weighted by atomic mass is 16.3. The van der Waals surface area contributed by atoms with Crippen molar-refractivity contribution in [1.29, 1.82) is 10.5 Å². The average molecular weight is 229 g/mol. The molecule has 0 aliphatic carbocycles. The van der Waals surface area contributed by atoms with Gasteiger partial charge in [0.05, 0.1) is 30.2 Å². The van der Waals surface area contributed by atoms with E-state index in [0.717, 1.165) is 11.3 Å². The predicted octanol–water partition coefficient (Wildman–Crippen LogP) is 1.96. The maximum atomic E-state index is 9.67. The molecule has 0 radical (unpaired) electrons. The van der Waals surface area contributed by atoms with Crippen LogP contribution in [0.5, 0.6) is 0 Å². The van der Waals surface area contributed by atoms with E-state index in [4.69, 9.17) is 10.5 Å². The molecule has 0 aliphatic rings. The van der Waals surface area contributed by atoms with Gasteiger partial charge in [-0.3, -0.25) is 0 Å². The highest BCUT2D eigenvalue weighted by Crippen LogP contribution is 2.26. The smallest absolute Gasteiger partial charge is 0.0992 e. The molecule has 17 heavy (non-hydrogen) atoms. The third kappa shape index (κ3) is 3.21. The van der Waals surface area contributed by atoms with Crippen molar-refractivity contribution < 1.29 is 5.11 Å². The normalized spacial score (nSPS) is 11.4. The summed E-state index contributed by atoms with van der Waals surface area (Å²) in [5, 5.41) is 27.1. The second kappa shape index (κ2) is 5.89. The molecule has 0 aliphatic heterocycles. The molecule has 1 aromatic rings. The second-order valence-corrected chi connectivity index (χ2v) is 3.89. The Morgan fingerprint density at radius 3 is 2.65 bits per heavy atom. The lowest BCUT2D eigenvalue weighted by molar-refractivity contribution is 0.199. The van der Waals surface area contributed by atoms with Crippen molar-refractivity contribution in [2.24, 2.45) is 0 Å². The van der Waals surface area contributed by atoms with Crippen LogP contribution in [0.25, 0.3) is 0 Å². The van der Waals surface area contributed by atoms with Crippen molar-refractivity contribution in [3.05, 3.63) is 29.3 Å². The summed E-state index contributed by atoms with van der Waals surface area (Å²) in [7, 11) is 1.85. The molecular weight excluding hydrogens is 214 g/mol. The standard InChI is InChI=1S/C13H15N3O/c1-10(17)12-5-4-11(9-15)8-13(12)16(2)7-3-6-14/h4-5,8,10,17H,3,7H2,1-2H3/t10-/m0/s1. The van der Waals surface area contributed by atoms with E-state index in [1.54, 1.807) is 25.1 Å². The van der Waals surface area contributed by atoms with Crippen LogP contribution < -0.4 is 4.90 Å². The summed E-state index contributed by atoms with van der Waals surface area (Å²) < 4.78 is 0. The number of benzene rings is 1. The van der Waals surface area contributed by atoms with E-state index < -0.39 is 6.10 Å². The van der Waals surface area contributed by atoms with E-state index >= 15 is 0 Å². The third-order valence-corrected chi connectivity index (χ3v) is 2.58. The average Bonchev–Trinajstić information content (AvgIpc) is 2.34. The van der Waals surface area contributed by atoms with Crippen molar-refractivity contribution >= 4 is 5.69 Å². The van der Waals surface area contributed by atoms with Crippen molar-refractivity contribution in [1.82, 2.24) is 0 Å². The van der Waals surface area contributed by atoms with Gasteiger partial charge in [-0.05, 0) is 19.1 Å². The number of nitrogens with zero attached hydrogens (tertiary/aromatic N) is 3. The molecule has 0 fully saturated rings. The molecule has 1 rings (SSSR count). The van der Waals surface area contributed by atoms with Crippen molar-refractivity contribution in [2.75, 3.05) is 18.5 Å². The molecule has 0 heterocycles. The lowest BCUT2D eigenvalue weighted by Gasteiger charge is -2.22. The molecule has 88 valence electrons. The van der Waals surface area contributed by atoms with Gasteiger partial charge in [0.15, 0.2) is 0 Å². The minimum absolute atomic E-state index is 0.409. The zero-order chi connectivity index (χ0) is 12.8. The van der Waals surface area contributed by atoms with Crippen molar-refractivity contribution in [3.63, 3.8) is 0 Å². The SMILES string of the molecule is C[C@H](O)c1ccc(C#N)cc1N(C)CCC#N. The fourth-order valence-corrected chi connectivity index (χ4v) is 1.64. The zero-order valence-electron chi connectivity index (χ0n) is 10.0. The molecule has 0 bridgehead atoms. The summed E-state index contributed by atoms with van der Waals surface area (Å²) in [6, 6.07) is 9.32. The van der Waals surface area contributed by atoms with Gasteiger partial charge in [0.25, 0.3) is 0 Å². The fourth-order valence-electron chi connectivity index (χ4n) is 1.64. The monoisotopic (exact) mass is 229 g/mol. The number of rotatable bonds is 4. The van der Waals surface area contributed by atoms with Crippen LogP contribution in [0.3, 0.4) is 0 Å². The molecule has 4 nitrogen and oxygen atoms in total. The van der Waals surface area contributed by atoms with E-state index in [0.29, 0.717) is 18.5 Å². The van der Waals surface area contributed by atoms with Crippen molar-refractivity contribution in [3.8, 4) is 12.1 Å². The number of anilines is 1. The number of aliphatic hydroxyl groups is 1. The predicted molar refractivity (Wildman–Crippen MR) is 65.3 cm³/mol. The molecule has 0 unspecified atom stereocenters. The summed E-state index contributed by atoms with van der Waals surface area (Å²) in [5.41, 5.74) is 2.12. The maximum absolute atomic E-state index is 9.67. The first-order valence-electron chi connectivity index (χ1n) is 5.40. The summed E-state index contributed by atoms with van der Waals surface area (Å²) in [4.78, 5) is 1.88. The maximum Gasteiger partial charge on any atom is 0.0992 e. The van der Waals surface area contributed by atoms with Crippen LogP contribution >= 0.6 is 0 Å². The molecule has 0 aromatic heterocycles. The Morgan fingerprint density at radius 1 is 1.41 bits per heavy atom. The first-order chi connectivity index (χ1) is 8.10. The van der Waals surface area contributed by atoms with E-state index in [2.05, 4.69) is 12.1 Å². The minimum atomic E-state index is -0.595. The number of nitriles is 2. The van der Waals surface area contributed by atoms with Gasteiger partial charge in [-0.15, -0.1) is 0 Å². The van der Waals surface area contributed by atoms with Crippen LogP contribution in [0, 0.1) is 22.7 Å². The van der Waals surface area contributed by atoms with Crippen LogP contribution in [-0.2, 0) is 0 Å². The van der Waals surface area contributed by atoms with Gasteiger partial charge in [0.2, 0.25) is 0 Å². The minimum Gasteiger partial charge on any atom is -0.389 e. The van der Waals surface area contributed by atoms with E-state index in [9.17, 15) is 5.11 Å². The fraction of sp³-hybridized carbons (Fsp3) is 0.385. The van der Waals surface area contributed by atoms with Gasteiger partial charge >= 0.3 is 0 Å². The first kappa shape index (κ1) is 13.0. The topological polar surface area (TPSA) is 71.0 Å². The molecule has 0 spiro atoms. The number of hydrogen-bond donors (Lipinski definition) is 1. The Labute approximate surface area is 101 Å². The van der Waals surface area contributed by atoms with Gasteiger partial charge < -0.3 is 10.0 Å². The quantitative estimate of drug-likeness (QED) is 0.856. The van der Waals surface area contributed by atoms with E-state index in [1.807, 2.05) is 11.9 Å². The molecule has 1 N–H and O–H groups in total. The Balaban J connectivity index is 3.10. The van der Waals surface area contributed by atoms with Crippen LogP contribution in [0.15, 0.2) is 18.2 Å². The largest absolute Gasteiger partial charge is 0.389 e. The Bertz CT molecular complexity index is 469. The van der Waals surface area contributed by atoms with Gasteiger partial charge in [0, 0.05) is 24.8 Å². The van der Waals surface area contributed by atoms with Crippen LogP contribution in [0.2, 0.25) is 0 Å². The molecule has 1 atom stereocenters. The Morgan fingerprint density at radius 2 is 2.12 bits per heavy atom. The van der Waals surface area contributed by atoms with E-state index in [1.165, 1.54) is 0 Å². The summed E-state index contributed by atoms with van der Waals surface area (Å²) >= 11 is 0. The van der Waals surface area contributed by atoms with Gasteiger partial charge in [0.1, 0.15) is 0 Å². The Hall–Kier alpha value is -2.04. The lowest BCUT2D eigenvalue weighted by Crippen LogP contribution is -2.20. The molecular formula is C13H15N3O. The summed E-state index contributed by atoms with van der Waals surface area (Å²) in [5.74, 6) is 0. The molecule has 0 saturated heterocycles. The van der Waals surface area contributed by atoms with Gasteiger partial charge in [-0.25, -0.2) is 0 Å². The second-order valence-electron chi connectivity index (χ2n) is 3.89. The zero-order valence-corrected chi connectivity index (χ0v) is 10.0. The highest BCUT2D eigenvalue weighted by molar-refractivity contribution is 5.58. The first-order valence-corrected chi connectivity index (χ1v) is 5.40. The molecule has 0 amide bonds. The van der Waals surface area contributed by atoms with Crippen molar-refractivity contribution in [2.45, 2.75) is 19.4 Å². The molecule has 0 saturated carbocycles. The van der Waals surface area contributed by atoms with Gasteiger partial charge in [-0.2, -0.15) is 10.5 Å². The van der Waals surface area contributed by atoms with Crippen LogP contribution in [0.4, 0.5) is 5.69 Å². The number of aliphatic hydroxyl groups excluding tert-OH is 1. The number of hydrogen-bond acceptors (Lipinski definition) is 4. The summed E-state index contributed by atoms with van der Waals surface area (Å²) in [6.07, 6.45) is -0.186. The van der Waals surface area contributed by atoms with Crippen LogP contribution in [0.1, 0.15) is 30.6 Å². The third-order valence-electron chi connectivity index (χ3n) is 2.58. The van der Waals surface area contributed by atoms with Gasteiger partial charge in [-0.1, -0.05) is 6.07 Å². The van der Waals surface area contributed by atoms with E-state index in [-0.39, 0.29) is 0 Å². The lowest BCUT2D eigenvalue weighted by atomic mass is 10.0. The highest BCUT2D eigenvalue weighted by Gasteiger charge is 2.12. The molecule has 4 heteroatoms. The Kier molecular flexibility index (Phi) is 4.51. The summed E-state index contributed by atoms with van der Waals surface area (Å²) in [6.45, 7) is 2.26. The molecule has 1 aromatic carbocycles.